The number of aryl methyl sites for hydroxylation is 1. The lowest BCUT2D eigenvalue weighted by atomic mass is 9.99. The summed E-state index contributed by atoms with van der Waals surface area (Å²) in [5.41, 5.74) is 10.9. The summed E-state index contributed by atoms with van der Waals surface area (Å²) in [4.78, 5) is 5.99. The molecule has 2 aromatic heterocycles. The first-order chi connectivity index (χ1) is 12.1. The first kappa shape index (κ1) is 16.8. The Bertz CT molecular complexity index is 891. The molecule has 130 valence electrons. The average Bonchev–Trinajstić information content (AvgIpc) is 3.17. The molecule has 3 nitrogen and oxygen atoms in total. The van der Waals surface area contributed by atoms with Crippen molar-refractivity contribution in [3.63, 3.8) is 0 Å². The molecule has 2 atom stereocenters. The number of pyridine rings is 1. The number of aromatic nitrogens is 1. The predicted molar refractivity (Wildman–Crippen MR) is 108 cm³/mol. The summed E-state index contributed by atoms with van der Waals surface area (Å²) < 4.78 is 1.19. The minimum absolute atomic E-state index is 0.267. The molecule has 1 aromatic carbocycles. The molecule has 2 heterocycles. The van der Waals surface area contributed by atoms with Crippen LogP contribution in [-0.4, -0.2) is 11.0 Å². The third-order valence-electron chi connectivity index (χ3n) is 5.11. The van der Waals surface area contributed by atoms with Gasteiger partial charge in [0.15, 0.2) is 0 Å². The molecule has 4 rings (SSSR count). The molecule has 1 saturated carbocycles. The lowest BCUT2D eigenvalue weighted by molar-refractivity contribution is 0.620. The smallest absolute Gasteiger partial charge is 0.131 e. The Morgan fingerprint density at radius 3 is 2.80 bits per heavy atom. The van der Waals surface area contributed by atoms with E-state index in [0.717, 1.165) is 24.2 Å². The summed E-state index contributed by atoms with van der Waals surface area (Å²) in [7, 11) is 0. The van der Waals surface area contributed by atoms with Gasteiger partial charge in [0.25, 0.3) is 0 Å². The minimum atomic E-state index is 0.267. The zero-order valence-electron chi connectivity index (χ0n) is 14.3. The molecule has 0 bridgehead atoms. The van der Waals surface area contributed by atoms with Crippen molar-refractivity contribution < 1.29 is 0 Å². The molecule has 1 aliphatic carbocycles. The summed E-state index contributed by atoms with van der Waals surface area (Å²) in [6, 6.07) is 12.6. The van der Waals surface area contributed by atoms with Crippen molar-refractivity contribution in [2.24, 2.45) is 5.73 Å². The Kier molecular flexibility index (Phi) is 4.67. The molecule has 3 N–H and O–H groups in total. The molecule has 0 aliphatic heterocycles. The van der Waals surface area contributed by atoms with E-state index >= 15 is 0 Å². The van der Waals surface area contributed by atoms with Crippen LogP contribution in [0.2, 0.25) is 5.15 Å². The van der Waals surface area contributed by atoms with Gasteiger partial charge >= 0.3 is 0 Å². The zero-order chi connectivity index (χ0) is 17.4. The van der Waals surface area contributed by atoms with Crippen LogP contribution in [0.15, 0.2) is 36.4 Å². The second kappa shape index (κ2) is 6.94. The van der Waals surface area contributed by atoms with E-state index in [1.165, 1.54) is 33.5 Å². The van der Waals surface area contributed by atoms with Gasteiger partial charge < -0.3 is 11.1 Å². The Morgan fingerprint density at radius 2 is 2.08 bits per heavy atom. The quantitative estimate of drug-likeness (QED) is 0.598. The highest BCUT2D eigenvalue weighted by Gasteiger charge is 2.29. The molecule has 0 radical (unpaired) electrons. The molecule has 0 saturated heterocycles. The Hall–Kier alpha value is -1.62. The molecule has 25 heavy (non-hydrogen) atoms. The highest BCUT2D eigenvalue weighted by molar-refractivity contribution is 7.20. The summed E-state index contributed by atoms with van der Waals surface area (Å²) in [6.07, 6.45) is 3.51. The van der Waals surface area contributed by atoms with Gasteiger partial charge in [0.2, 0.25) is 0 Å². The first-order valence-corrected chi connectivity index (χ1v) is 9.96. The van der Waals surface area contributed by atoms with E-state index in [4.69, 9.17) is 17.3 Å². The number of fused-ring (bicyclic) bond motifs is 1. The van der Waals surface area contributed by atoms with Gasteiger partial charge in [0.05, 0.1) is 15.9 Å². The van der Waals surface area contributed by atoms with Crippen LogP contribution in [0.4, 0.5) is 5.69 Å². The fourth-order valence-corrected chi connectivity index (χ4v) is 5.40. The maximum atomic E-state index is 6.35. The highest BCUT2D eigenvalue weighted by Crippen LogP contribution is 2.44. The molecule has 0 amide bonds. The van der Waals surface area contributed by atoms with Crippen LogP contribution in [0.3, 0.4) is 0 Å². The molecule has 5 heteroatoms. The topological polar surface area (TPSA) is 50.9 Å². The number of nitrogens with one attached hydrogen (secondary N) is 1. The Morgan fingerprint density at radius 1 is 1.28 bits per heavy atom. The third-order valence-corrected chi connectivity index (χ3v) is 6.75. The van der Waals surface area contributed by atoms with Crippen LogP contribution in [0.1, 0.15) is 41.2 Å². The van der Waals surface area contributed by atoms with E-state index in [1.807, 2.05) is 23.5 Å². The van der Waals surface area contributed by atoms with E-state index in [-0.39, 0.29) is 6.04 Å². The van der Waals surface area contributed by atoms with Gasteiger partial charge in [-0.25, -0.2) is 4.98 Å². The molecular formula is C20H22ClN3S. The number of anilines is 1. The van der Waals surface area contributed by atoms with Crippen molar-refractivity contribution in [1.29, 1.82) is 0 Å². The van der Waals surface area contributed by atoms with Crippen LogP contribution in [0.5, 0.6) is 0 Å². The number of nitrogens with two attached hydrogens (primary N) is 1. The fourth-order valence-electron chi connectivity index (χ4n) is 3.76. The maximum absolute atomic E-state index is 6.35. The number of hydrogen-bond acceptors (Lipinski definition) is 4. The molecule has 3 aromatic rings. The van der Waals surface area contributed by atoms with Crippen molar-refractivity contribution in [1.82, 2.24) is 4.98 Å². The number of rotatable bonds is 4. The predicted octanol–water partition coefficient (Wildman–Crippen LogP) is 5.47. The summed E-state index contributed by atoms with van der Waals surface area (Å²) in [5, 5.41) is 4.08. The number of benzene rings is 1. The molecular weight excluding hydrogens is 350 g/mol. The Labute approximate surface area is 157 Å². The second-order valence-electron chi connectivity index (χ2n) is 6.80. The third kappa shape index (κ3) is 3.26. The monoisotopic (exact) mass is 371 g/mol. The van der Waals surface area contributed by atoms with Crippen LogP contribution in [-0.2, 0) is 6.54 Å². The van der Waals surface area contributed by atoms with Gasteiger partial charge in [-0.1, -0.05) is 48.4 Å². The van der Waals surface area contributed by atoms with Crippen molar-refractivity contribution in [3.05, 3.63) is 57.6 Å². The van der Waals surface area contributed by atoms with E-state index < -0.39 is 0 Å². The van der Waals surface area contributed by atoms with Gasteiger partial charge in [0.1, 0.15) is 5.15 Å². The molecule has 0 unspecified atom stereocenters. The van der Waals surface area contributed by atoms with E-state index in [0.29, 0.717) is 11.1 Å². The van der Waals surface area contributed by atoms with Gasteiger partial charge in [-0.3, -0.25) is 0 Å². The van der Waals surface area contributed by atoms with Crippen molar-refractivity contribution in [2.45, 2.75) is 44.7 Å². The highest BCUT2D eigenvalue weighted by atomic mass is 35.5. The van der Waals surface area contributed by atoms with Crippen molar-refractivity contribution in [3.8, 4) is 0 Å². The lowest BCUT2D eigenvalue weighted by Gasteiger charge is -2.14. The van der Waals surface area contributed by atoms with Crippen molar-refractivity contribution >= 4 is 38.8 Å². The summed E-state index contributed by atoms with van der Waals surface area (Å²) >= 11 is 8.14. The fraction of sp³-hybridized carbons (Fsp3) is 0.350. The zero-order valence-corrected chi connectivity index (χ0v) is 15.8. The van der Waals surface area contributed by atoms with E-state index in [9.17, 15) is 0 Å². The number of nitrogens with zero attached hydrogens (tertiary/aromatic N) is 1. The molecule has 1 aliphatic rings. The van der Waals surface area contributed by atoms with Crippen LogP contribution >= 0.6 is 22.9 Å². The van der Waals surface area contributed by atoms with Crippen LogP contribution < -0.4 is 11.1 Å². The van der Waals surface area contributed by atoms with Gasteiger partial charge in [-0.15, -0.1) is 11.3 Å². The van der Waals surface area contributed by atoms with E-state index in [2.05, 4.69) is 41.5 Å². The number of thiophene rings is 1. The SMILES string of the molecule is Cc1c([C@H]2CCC[C@@H]2N)sc2c(NCc3ccccc3)cc(Cl)nc12. The second-order valence-corrected chi connectivity index (χ2v) is 8.24. The molecule has 1 fully saturated rings. The van der Waals surface area contributed by atoms with Gasteiger partial charge in [-0.05, 0) is 30.9 Å². The first-order valence-electron chi connectivity index (χ1n) is 8.76. The van der Waals surface area contributed by atoms with Crippen LogP contribution in [0.25, 0.3) is 10.2 Å². The summed E-state index contributed by atoms with van der Waals surface area (Å²) in [5.74, 6) is 0.458. The van der Waals surface area contributed by atoms with Crippen molar-refractivity contribution in [2.75, 3.05) is 5.32 Å². The normalized spacial score (nSPS) is 20.3. The maximum Gasteiger partial charge on any atom is 0.131 e. The van der Waals surface area contributed by atoms with E-state index in [1.54, 1.807) is 0 Å². The van der Waals surface area contributed by atoms with Gasteiger partial charge in [0, 0.05) is 29.4 Å². The molecule has 0 spiro atoms. The standard InChI is InChI=1S/C20H22ClN3S/c1-12-18-20(25-19(12)14-8-5-9-15(14)22)16(10-17(21)24-18)23-11-13-6-3-2-4-7-13/h2-4,6-7,10,14-15H,5,8-9,11,22H2,1H3,(H,23,24)/t14-,15-/m0/s1. The average molecular weight is 372 g/mol. The number of hydrogen-bond donors (Lipinski definition) is 2. The lowest BCUT2D eigenvalue weighted by Crippen LogP contribution is -2.22. The minimum Gasteiger partial charge on any atom is -0.380 e. The van der Waals surface area contributed by atoms with Crippen LogP contribution in [0, 0.1) is 6.92 Å². The Balaban J connectivity index is 1.71. The largest absolute Gasteiger partial charge is 0.380 e. The van der Waals surface area contributed by atoms with Gasteiger partial charge in [-0.2, -0.15) is 0 Å². The number of halogens is 1. The summed E-state index contributed by atoms with van der Waals surface area (Å²) in [6.45, 7) is 2.93.